The van der Waals surface area contributed by atoms with Crippen LogP contribution in [-0.2, 0) is 16.1 Å². The summed E-state index contributed by atoms with van der Waals surface area (Å²) in [5.74, 6) is -0.194. The number of hydrogen-bond acceptors (Lipinski definition) is 4. The maximum atomic E-state index is 11.7. The van der Waals surface area contributed by atoms with Crippen LogP contribution in [0.15, 0.2) is 28.7 Å². The van der Waals surface area contributed by atoms with Crippen LogP contribution in [0.4, 0.5) is 0 Å². The largest absolute Gasteiger partial charge is 0.460 e. The van der Waals surface area contributed by atoms with E-state index in [9.17, 15) is 4.79 Å². The van der Waals surface area contributed by atoms with E-state index in [0.717, 1.165) is 29.4 Å². The monoisotopic (exact) mass is 298 g/mol. The van der Waals surface area contributed by atoms with Gasteiger partial charge in [-0.3, -0.25) is 10.2 Å². The fourth-order valence-electron chi connectivity index (χ4n) is 1.67. The first kappa shape index (κ1) is 12.5. The first-order valence-corrected chi connectivity index (χ1v) is 6.44. The Kier molecular flexibility index (Phi) is 4.53. The Balaban J connectivity index is 1.81. The van der Waals surface area contributed by atoms with Crippen molar-refractivity contribution in [3.05, 3.63) is 34.3 Å². The number of halogens is 1. The van der Waals surface area contributed by atoms with Gasteiger partial charge in [-0.2, -0.15) is 0 Å². The predicted octanol–water partition coefficient (Wildman–Crippen LogP) is 1.75. The number of hydrogen-bond donors (Lipinski definition) is 2. The van der Waals surface area contributed by atoms with Crippen molar-refractivity contribution in [1.82, 2.24) is 10.9 Å². The summed E-state index contributed by atoms with van der Waals surface area (Å²) in [4.78, 5) is 11.7. The highest BCUT2D eigenvalue weighted by Gasteiger charge is 2.21. The van der Waals surface area contributed by atoms with Gasteiger partial charge >= 0.3 is 5.97 Å². The highest BCUT2D eigenvalue weighted by Crippen LogP contribution is 2.12. The zero-order valence-corrected chi connectivity index (χ0v) is 11.0. The molecule has 0 aromatic heterocycles. The van der Waals surface area contributed by atoms with Crippen molar-refractivity contribution in [2.45, 2.75) is 25.5 Å². The smallest absolute Gasteiger partial charge is 0.324 e. The average molecular weight is 299 g/mol. The second kappa shape index (κ2) is 6.14. The number of carbonyl (C=O) groups excluding carboxylic acids is 1. The van der Waals surface area contributed by atoms with Crippen LogP contribution in [0.3, 0.4) is 0 Å². The van der Waals surface area contributed by atoms with Gasteiger partial charge in [0.1, 0.15) is 12.6 Å². The standard InChI is InChI=1S/C12H15BrN2O2/c13-10-5-3-9(4-6-10)8-17-12(16)11-2-1-7-14-15-11/h3-6,11,14-15H,1-2,7-8H2. The van der Waals surface area contributed by atoms with Crippen molar-refractivity contribution >= 4 is 21.9 Å². The molecule has 92 valence electrons. The number of nitrogens with one attached hydrogen (secondary N) is 2. The molecule has 1 aromatic rings. The number of ether oxygens (including phenoxy) is 1. The first-order valence-electron chi connectivity index (χ1n) is 5.65. The zero-order chi connectivity index (χ0) is 12.1. The third-order valence-electron chi connectivity index (χ3n) is 2.65. The maximum Gasteiger partial charge on any atom is 0.324 e. The third kappa shape index (κ3) is 3.80. The van der Waals surface area contributed by atoms with Crippen LogP contribution < -0.4 is 10.9 Å². The van der Waals surface area contributed by atoms with E-state index in [4.69, 9.17) is 4.74 Å². The van der Waals surface area contributed by atoms with E-state index in [1.54, 1.807) is 0 Å². The summed E-state index contributed by atoms with van der Waals surface area (Å²) in [6.45, 7) is 1.22. The van der Waals surface area contributed by atoms with E-state index in [-0.39, 0.29) is 12.0 Å². The van der Waals surface area contributed by atoms with Crippen molar-refractivity contribution in [3.8, 4) is 0 Å². The Morgan fingerprint density at radius 1 is 1.41 bits per heavy atom. The van der Waals surface area contributed by atoms with Crippen molar-refractivity contribution in [3.63, 3.8) is 0 Å². The van der Waals surface area contributed by atoms with Crippen molar-refractivity contribution in [1.29, 1.82) is 0 Å². The number of rotatable bonds is 3. The minimum atomic E-state index is -0.223. The Labute approximate surface area is 109 Å². The number of hydrazine groups is 1. The molecule has 1 unspecified atom stereocenters. The normalized spacial score (nSPS) is 19.9. The summed E-state index contributed by atoms with van der Waals surface area (Å²) in [5, 5.41) is 0. The summed E-state index contributed by atoms with van der Waals surface area (Å²) in [7, 11) is 0. The molecular formula is C12H15BrN2O2. The summed E-state index contributed by atoms with van der Waals surface area (Å²) in [6, 6.07) is 7.51. The van der Waals surface area contributed by atoms with Gasteiger partial charge in [0.05, 0.1) is 0 Å². The molecule has 1 atom stereocenters. The molecule has 2 N–H and O–H groups in total. The van der Waals surface area contributed by atoms with Crippen molar-refractivity contribution in [2.24, 2.45) is 0 Å². The molecule has 4 nitrogen and oxygen atoms in total. The van der Waals surface area contributed by atoms with Crippen molar-refractivity contribution in [2.75, 3.05) is 6.54 Å². The zero-order valence-electron chi connectivity index (χ0n) is 9.41. The number of carbonyl (C=O) groups is 1. The van der Waals surface area contributed by atoms with Crippen molar-refractivity contribution < 1.29 is 9.53 Å². The fraction of sp³-hybridized carbons (Fsp3) is 0.417. The molecule has 0 amide bonds. The lowest BCUT2D eigenvalue weighted by atomic mass is 10.1. The molecular weight excluding hydrogens is 284 g/mol. The van der Waals surface area contributed by atoms with Gasteiger partial charge in [0, 0.05) is 11.0 Å². The highest BCUT2D eigenvalue weighted by atomic mass is 79.9. The minimum absolute atomic E-state index is 0.194. The number of benzene rings is 1. The molecule has 1 aromatic carbocycles. The van der Waals surface area contributed by atoms with Crippen LogP contribution in [0.2, 0.25) is 0 Å². The maximum absolute atomic E-state index is 11.7. The molecule has 1 aliphatic rings. The molecule has 1 aliphatic heterocycles. The van der Waals surface area contributed by atoms with Gasteiger partial charge in [-0.25, -0.2) is 5.43 Å². The SMILES string of the molecule is O=C(OCc1ccc(Br)cc1)C1CCCNN1. The summed E-state index contributed by atoms with van der Waals surface area (Å²) in [6.07, 6.45) is 1.82. The minimum Gasteiger partial charge on any atom is -0.460 e. The van der Waals surface area contributed by atoms with Crippen LogP contribution in [0.5, 0.6) is 0 Å². The molecule has 1 saturated heterocycles. The third-order valence-corrected chi connectivity index (χ3v) is 3.18. The molecule has 1 heterocycles. The van der Waals surface area contributed by atoms with Gasteiger partial charge in [0.2, 0.25) is 0 Å². The van der Waals surface area contributed by atoms with Crippen LogP contribution in [0, 0.1) is 0 Å². The summed E-state index contributed by atoms with van der Waals surface area (Å²) in [5.41, 5.74) is 6.89. The second-order valence-electron chi connectivity index (χ2n) is 4.00. The average Bonchev–Trinajstić information content (AvgIpc) is 2.39. The van der Waals surface area contributed by atoms with Gasteiger partial charge in [0.25, 0.3) is 0 Å². The van der Waals surface area contributed by atoms with E-state index in [2.05, 4.69) is 26.8 Å². The number of esters is 1. The molecule has 1 fully saturated rings. The summed E-state index contributed by atoms with van der Waals surface area (Å²) < 4.78 is 6.27. The summed E-state index contributed by atoms with van der Waals surface area (Å²) >= 11 is 3.36. The second-order valence-corrected chi connectivity index (χ2v) is 4.92. The topological polar surface area (TPSA) is 50.4 Å². The van der Waals surface area contributed by atoms with E-state index < -0.39 is 0 Å². The van der Waals surface area contributed by atoms with Crippen LogP contribution in [-0.4, -0.2) is 18.6 Å². The van der Waals surface area contributed by atoms with Crippen LogP contribution in [0.1, 0.15) is 18.4 Å². The van der Waals surface area contributed by atoms with Crippen LogP contribution in [0.25, 0.3) is 0 Å². The molecule has 0 radical (unpaired) electrons. The molecule has 0 bridgehead atoms. The Hall–Kier alpha value is -0.910. The predicted molar refractivity (Wildman–Crippen MR) is 68.1 cm³/mol. The molecule has 0 aliphatic carbocycles. The van der Waals surface area contributed by atoms with E-state index >= 15 is 0 Å². The van der Waals surface area contributed by atoms with Gasteiger partial charge in [-0.15, -0.1) is 0 Å². The van der Waals surface area contributed by atoms with Gasteiger partial charge < -0.3 is 4.74 Å². The van der Waals surface area contributed by atoms with E-state index in [1.165, 1.54) is 0 Å². The molecule has 0 saturated carbocycles. The van der Waals surface area contributed by atoms with Crippen LogP contribution >= 0.6 is 15.9 Å². The van der Waals surface area contributed by atoms with Gasteiger partial charge in [0.15, 0.2) is 0 Å². The molecule has 2 rings (SSSR count). The Morgan fingerprint density at radius 3 is 2.82 bits per heavy atom. The lowest BCUT2D eigenvalue weighted by Crippen LogP contribution is -2.50. The van der Waals surface area contributed by atoms with E-state index in [1.807, 2.05) is 24.3 Å². The van der Waals surface area contributed by atoms with Gasteiger partial charge in [-0.05, 0) is 30.5 Å². The molecule has 5 heteroatoms. The fourth-order valence-corrected chi connectivity index (χ4v) is 1.94. The lowest BCUT2D eigenvalue weighted by molar-refractivity contribution is -0.148. The first-order chi connectivity index (χ1) is 8.25. The lowest BCUT2D eigenvalue weighted by Gasteiger charge is -2.22. The highest BCUT2D eigenvalue weighted by molar-refractivity contribution is 9.10. The Morgan fingerprint density at radius 2 is 2.18 bits per heavy atom. The quantitative estimate of drug-likeness (QED) is 0.835. The van der Waals surface area contributed by atoms with Gasteiger partial charge in [-0.1, -0.05) is 28.1 Å². The molecule has 17 heavy (non-hydrogen) atoms. The van der Waals surface area contributed by atoms with E-state index in [0.29, 0.717) is 6.61 Å². The Bertz CT molecular complexity index is 375. The molecule has 0 spiro atoms.